The molecule has 0 saturated heterocycles. The van der Waals surface area contributed by atoms with Crippen molar-refractivity contribution >= 4 is 22.4 Å². The standard InChI is InChI=1S/C27H31N3O3/c1-3-33-16-6-15-28-19-27(31)30-26(21-11-13-24(32-2)14-12-21)18-25(29-30)23-10-9-20-7-4-5-8-22(20)17-23/h4-5,7-14,17,26,28H,3,6,15-16,18-19H2,1-2H3/t26-/m1/s1. The molecule has 0 bridgehead atoms. The highest BCUT2D eigenvalue weighted by Crippen LogP contribution is 2.34. The molecule has 0 unspecified atom stereocenters. The lowest BCUT2D eigenvalue weighted by Crippen LogP contribution is -2.36. The Morgan fingerprint density at radius 3 is 2.64 bits per heavy atom. The second-order valence-electron chi connectivity index (χ2n) is 8.07. The minimum atomic E-state index is -0.143. The summed E-state index contributed by atoms with van der Waals surface area (Å²) in [6, 6.07) is 22.4. The maximum absolute atomic E-state index is 13.1. The normalized spacial score (nSPS) is 15.6. The minimum Gasteiger partial charge on any atom is -0.497 e. The van der Waals surface area contributed by atoms with Crippen LogP contribution in [0.3, 0.4) is 0 Å². The average molecular weight is 446 g/mol. The highest BCUT2D eigenvalue weighted by atomic mass is 16.5. The summed E-state index contributed by atoms with van der Waals surface area (Å²) in [5, 5.41) is 12.0. The molecular weight excluding hydrogens is 414 g/mol. The quantitative estimate of drug-likeness (QED) is 0.465. The molecule has 0 aliphatic carbocycles. The van der Waals surface area contributed by atoms with Crippen LogP contribution in [0, 0.1) is 0 Å². The first-order valence-corrected chi connectivity index (χ1v) is 11.5. The summed E-state index contributed by atoms with van der Waals surface area (Å²) < 4.78 is 10.7. The molecule has 3 aromatic rings. The van der Waals surface area contributed by atoms with E-state index in [1.807, 2.05) is 43.3 Å². The highest BCUT2D eigenvalue weighted by Gasteiger charge is 2.32. The van der Waals surface area contributed by atoms with Crippen molar-refractivity contribution < 1.29 is 14.3 Å². The molecule has 1 amide bonds. The van der Waals surface area contributed by atoms with Gasteiger partial charge in [-0.3, -0.25) is 4.79 Å². The fourth-order valence-corrected chi connectivity index (χ4v) is 4.09. The first-order valence-electron chi connectivity index (χ1n) is 11.5. The van der Waals surface area contributed by atoms with Crippen LogP contribution in [0.25, 0.3) is 10.8 Å². The Bertz CT molecular complexity index is 1110. The summed E-state index contributed by atoms with van der Waals surface area (Å²) in [5.74, 6) is 0.754. The molecule has 1 aliphatic rings. The molecule has 0 aromatic heterocycles. The fraction of sp³-hybridized carbons (Fsp3) is 0.333. The van der Waals surface area contributed by atoms with Gasteiger partial charge in [-0.2, -0.15) is 5.10 Å². The molecule has 0 radical (unpaired) electrons. The maximum atomic E-state index is 13.1. The van der Waals surface area contributed by atoms with Crippen molar-refractivity contribution in [2.75, 3.05) is 33.4 Å². The van der Waals surface area contributed by atoms with Gasteiger partial charge in [-0.25, -0.2) is 5.01 Å². The summed E-state index contributed by atoms with van der Waals surface area (Å²) in [5.41, 5.74) is 3.01. The molecule has 0 fully saturated rings. The Kier molecular flexibility index (Phi) is 7.70. The number of carbonyl (C=O) groups is 1. The van der Waals surface area contributed by atoms with Crippen LogP contribution in [0.5, 0.6) is 5.75 Å². The lowest BCUT2D eigenvalue weighted by molar-refractivity contribution is -0.132. The van der Waals surface area contributed by atoms with Crippen LogP contribution in [0.2, 0.25) is 0 Å². The molecule has 1 atom stereocenters. The zero-order valence-corrected chi connectivity index (χ0v) is 19.3. The molecule has 0 spiro atoms. The number of hydrazone groups is 1. The smallest absolute Gasteiger partial charge is 0.257 e. The number of ether oxygens (including phenoxy) is 2. The number of rotatable bonds is 10. The third kappa shape index (κ3) is 5.59. The van der Waals surface area contributed by atoms with Crippen LogP contribution in [-0.2, 0) is 9.53 Å². The van der Waals surface area contributed by atoms with E-state index in [0.29, 0.717) is 19.6 Å². The summed E-state index contributed by atoms with van der Waals surface area (Å²) in [7, 11) is 1.65. The number of nitrogens with one attached hydrogen (secondary N) is 1. The molecule has 0 saturated carbocycles. The molecule has 172 valence electrons. The molecule has 4 rings (SSSR count). The van der Waals surface area contributed by atoms with Gasteiger partial charge >= 0.3 is 0 Å². The van der Waals surface area contributed by atoms with E-state index in [9.17, 15) is 4.79 Å². The van der Waals surface area contributed by atoms with Gasteiger partial charge < -0.3 is 14.8 Å². The Morgan fingerprint density at radius 2 is 1.88 bits per heavy atom. The zero-order valence-electron chi connectivity index (χ0n) is 19.3. The predicted octanol–water partition coefficient (Wildman–Crippen LogP) is 4.54. The number of hydrogen-bond donors (Lipinski definition) is 1. The first-order chi connectivity index (χ1) is 16.2. The van der Waals surface area contributed by atoms with Crippen molar-refractivity contribution in [1.82, 2.24) is 10.3 Å². The van der Waals surface area contributed by atoms with Gasteiger partial charge in [-0.1, -0.05) is 48.5 Å². The number of nitrogens with zero attached hydrogens (tertiary/aromatic N) is 2. The van der Waals surface area contributed by atoms with Gasteiger partial charge in [-0.15, -0.1) is 0 Å². The van der Waals surface area contributed by atoms with E-state index in [0.717, 1.165) is 35.6 Å². The highest BCUT2D eigenvalue weighted by molar-refractivity contribution is 6.05. The largest absolute Gasteiger partial charge is 0.497 e. The molecule has 33 heavy (non-hydrogen) atoms. The molecule has 1 aliphatic heterocycles. The number of benzene rings is 3. The van der Waals surface area contributed by atoms with Crippen LogP contribution < -0.4 is 10.1 Å². The van der Waals surface area contributed by atoms with Crippen molar-refractivity contribution in [3.8, 4) is 5.75 Å². The van der Waals surface area contributed by atoms with Crippen LogP contribution >= 0.6 is 0 Å². The van der Waals surface area contributed by atoms with Crippen molar-refractivity contribution in [3.63, 3.8) is 0 Å². The van der Waals surface area contributed by atoms with Gasteiger partial charge in [0.2, 0.25) is 0 Å². The molecule has 6 nitrogen and oxygen atoms in total. The van der Waals surface area contributed by atoms with Gasteiger partial charge in [0.25, 0.3) is 5.91 Å². The number of carbonyl (C=O) groups excluding carboxylic acids is 1. The topological polar surface area (TPSA) is 63.2 Å². The van der Waals surface area contributed by atoms with Crippen molar-refractivity contribution in [2.45, 2.75) is 25.8 Å². The Labute approximate surface area is 195 Å². The van der Waals surface area contributed by atoms with Gasteiger partial charge in [0, 0.05) is 19.6 Å². The van der Waals surface area contributed by atoms with Crippen LogP contribution in [0.1, 0.15) is 36.9 Å². The van der Waals surface area contributed by atoms with Gasteiger partial charge in [-0.05, 0) is 60.0 Å². The second kappa shape index (κ2) is 11.1. The Hall–Kier alpha value is -3.22. The maximum Gasteiger partial charge on any atom is 0.257 e. The summed E-state index contributed by atoms with van der Waals surface area (Å²) in [4.78, 5) is 13.1. The third-order valence-electron chi connectivity index (χ3n) is 5.87. The van der Waals surface area contributed by atoms with Crippen molar-refractivity contribution in [3.05, 3.63) is 77.9 Å². The molecule has 6 heteroatoms. The van der Waals surface area contributed by atoms with Crippen molar-refractivity contribution in [2.24, 2.45) is 5.10 Å². The Morgan fingerprint density at radius 1 is 1.09 bits per heavy atom. The summed E-state index contributed by atoms with van der Waals surface area (Å²) in [6.45, 7) is 4.36. The fourth-order valence-electron chi connectivity index (χ4n) is 4.09. The summed E-state index contributed by atoms with van der Waals surface area (Å²) >= 11 is 0. The third-order valence-corrected chi connectivity index (χ3v) is 5.87. The first kappa shape index (κ1) is 23.0. The lowest BCUT2D eigenvalue weighted by Gasteiger charge is -2.22. The lowest BCUT2D eigenvalue weighted by atomic mass is 9.97. The van der Waals surface area contributed by atoms with E-state index >= 15 is 0 Å². The second-order valence-corrected chi connectivity index (χ2v) is 8.07. The minimum absolute atomic E-state index is 0.0389. The number of methoxy groups -OCH3 is 1. The van der Waals surface area contributed by atoms with E-state index in [1.54, 1.807) is 12.1 Å². The van der Waals surface area contributed by atoms with E-state index in [1.165, 1.54) is 10.8 Å². The summed E-state index contributed by atoms with van der Waals surface area (Å²) in [6.07, 6.45) is 1.54. The molecule has 3 aromatic carbocycles. The number of amides is 1. The monoisotopic (exact) mass is 445 g/mol. The van der Waals surface area contributed by atoms with E-state index in [2.05, 4.69) is 35.6 Å². The molecule has 1 N–H and O–H groups in total. The van der Waals surface area contributed by atoms with E-state index < -0.39 is 0 Å². The Balaban J connectivity index is 1.54. The molecular formula is C27H31N3O3. The van der Waals surface area contributed by atoms with E-state index in [4.69, 9.17) is 14.6 Å². The number of hydrogen-bond acceptors (Lipinski definition) is 5. The van der Waals surface area contributed by atoms with E-state index in [-0.39, 0.29) is 18.5 Å². The average Bonchev–Trinajstić information content (AvgIpc) is 3.31. The van der Waals surface area contributed by atoms with Gasteiger partial charge in [0.1, 0.15) is 5.75 Å². The number of fused-ring (bicyclic) bond motifs is 1. The predicted molar refractivity (Wildman–Crippen MR) is 132 cm³/mol. The van der Waals surface area contributed by atoms with Crippen LogP contribution in [-0.4, -0.2) is 50.0 Å². The van der Waals surface area contributed by atoms with Crippen LogP contribution in [0.4, 0.5) is 0 Å². The zero-order chi connectivity index (χ0) is 23.0. The van der Waals surface area contributed by atoms with Crippen LogP contribution in [0.15, 0.2) is 71.8 Å². The molecule has 1 heterocycles. The SMILES string of the molecule is CCOCCCNCC(=O)N1N=C(c2ccc3ccccc3c2)C[C@@H]1c1ccc(OC)cc1. The van der Waals surface area contributed by atoms with Gasteiger partial charge in [0.15, 0.2) is 0 Å². The van der Waals surface area contributed by atoms with Gasteiger partial charge in [0.05, 0.1) is 25.4 Å². The van der Waals surface area contributed by atoms with Crippen molar-refractivity contribution in [1.29, 1.82) is 0 Å².